The highest BCUT2D eigenvalue weighted by Gasteiger charge is 2.22. The Morgan fingerprint density at radius 3 is 2.24 bits per heavy atom. The summed E-state index contributed by atoms with van der Waals surface area (Å²) >= 11 is 0. The van der Waals surface area contributed by atoms with E-state index in [1.54, 1.807) is 23.3 Å². The lowest BCUT2D eigenvalue weighted by Gasteiger charge is -2.15. The van der Waals surface area contributed by atoms with Gasteiger partial charge in [0.05, 0.1) is 29.0 Å². The normalized spacial score (nSPS) is 11.1. The van der Waals surface area contributed by atoms with E-state index >= 15 is 0 Å². The van der Waals surface area contributed by atoms with Crippen LogP contribution in [-0.2, 0) is 28.0 Å². The molecule has 2 amide bonds. The molecule has 3 aromatic heterocycles. The van der Waals surface area contributed by atoms with Gasteiger partial charge in [-0.15, -0.1) is 0 Å². The Bertz CT molecular complexity index is 2310. The summed E-state index contributed by atoms with van der Waals surface area (Å²) in [6.45, 7) is 10.7. The molecule has 0 aliphatic carbocycles. The standard InChI is InChI=1S/C37H38N8O2.C4H4O4/c1-6-26-21-38-22-34(40-26)42-33-19-25(17-18-39-33)23-47-31-16-15-30(28-9-7-8-10-29(28)31)41-36(46)43-35-20-32(37(3,4)5)44-45(35)27-13-11-24(2)12-14-27;5-3(6)1-2-4(7)8/h7-22H,6,23H2,1-5H3,(H,39,40,42)(H2,41,43,46);1-2H,(H,5,6)(H,7,8)/b;2-1-. The zero-order chi connectivity index (χ0) is 39.5. The van der Waals surface area contributed by atoms with Crippen molar-refractivity contribution < 1.29 is 29.3 Å². The van der Waals surface area contributed by atoms with Crippen molar-refractivity contribution >= 4 is 51.9 Å². The van der Waals surface area contributed by atoms with Crippen LogP contribution in [0.5, 0.6) is 5.75 Å². The molecule has 0 spiro atoms. The van der Waals surface area contributed by atoms with E-state index in [0.717, 1.165) is 45.4 Å². The van der Waals surface area contributed by atoms with Gasteiger partial charge in [0, 0.05) is 46.8 Å². The Morgan fingerprint density at radius 1 is 0.855 bits per heavy atom. The number of anilines is 4. The molecule has 5 N–H and O–H groups in total. The molecule has 6 aromatic rings. The number of nitrogens with zero attached hydrogens (tertiary/aromatic N) is 5. The molecule has 14 nitrogen and oxygen atoms in total. The lowest BCUT2D eigenvalue weighted by Crippen LogP contribution is -2.21. The van der Waals surface area contributed by atoms with E-state index in [-0.39, 0.29) is 11.4 Å². The summed E-state index contributed by atoms with van der Waals surface area (Å²) in [5.41, 5.74) is 5.19. The van der Waals surface area contributed by atoms with Crippen LogP contribution in [0.3, 0.4) is 0 Å². The van der Waals surface area contributed by atoms with Crippen LogP contribution in [0.15, 0.2) is 110 Å². The molecular weight excluding hydrogens is 701 g/mol. The second-order valence-electron chi connectivity index (χ2n) is 13.4. The minimum absolute atomic E-state index is 0.196. The average molecular weight is 743 g/mol. The molecule has 0 aliphatic heterocycles. The second-order valence-corrected chi connectivity index (χ2v) is 13.4. The minimum atomic E-state index is -1.26. The lowest BCUT2D eigenvalue weighted by atomic mass is 9.92. The number of benzene rings is 3. The first-order chi connectivity index (χ1) is 26.3. The summed E-state index contributed by atoms with van der Waals surface area (Å²) in [7, 11) is 0. The number of fused-ring (bicyclic) bond motifs is 1. The summed E-state index contributed by atoms with van der Waals surface area (Å²) in [5.74, 6) is 0.0630. The molecule has 6 rings (SSSR count). The fraction of sp³-hybridized carbons (Fsp3) is 0.195. The van der Waals surface area contributed by atoms with Crippen molar-refractivity contribution in [2.45, 2.75) is 53.1 Å². The number of aromatic nitrogens is 5. The van der Waals surface area contributed by atoms with Gasteiger partial charge < -0.3 is 25.6 Å². The van der Waals surface area contributed by atoms with Crippen molar-refractivity contribution in [3.63, 3.8) is 0 Å². The van der Waals surface area contributed by atoms with Gasteiger partial charge in [0.2, 0.25) is 0 Å². The van der Waals surface area contributed by atoms with E-state index in [0.29, 0.717) is 47.6 Å². The molecule has 0 aliphatic rings. The Balaban J connectivity index is 0.000000654. The number of hydrogen-bond acceptors (Lipinski definition) is 9. The average Bonchev–Trinajstić information content (AvgIpc) is 3.59. The summed E-state index contributed by atoms with van der Waals surface area (Å²) in [6.07, 6.45) is 7.08. The van der Waals surface area contributed by atoms with E-state index in [9.17, 15) is 14.4 Å². The van der Waals surface area contributed by atoms with Crippen molar-refractivity contribution in [1.82, 2.24) is 24.7 Å². The molecule has 3 heterocycles. The number of urea groups is 1. The minimum Gasteiger partial charge on any atom is -0.488 e. The second kappa shape index (κ2) is 17.6. The number of carbonyl (C=O) groups is 3. The lowest BCUT2D eigenvalue weighted by molar-refractivity contribution is -0.134. The topological polar surface area (TPSA) is 193 Å². The first kappa shape index (κ1) is 39.1. The smallest absolute Gasteiger partial charge is 0.328 e. The third kappa shape index (κ3) is 11.0. The maximum Gasteiger partial charge on any atom is 0.328 e. The van der Waals surface area contributed by atoms with Crippen molar-refractivity contribution in [2.75, 3.05) is 16.0 Å². The Labute approximate surface area is 318 Å². The number of carboxylic acids is 2. The zero-order valence-corrected chi connectivity index (χ0v) is 31.1. The van der Waals surface area contributed by atoms with Crippen molar-refractivity contribution in [3.05, 3.63) is 132 Å². The third-order valence-electron chi connectivity index (χ3n) is 8.02. The third-order valence-corrected chi connectivity index (χ3v) is 8.02. The van der Waals surface area contributed by atoms with E-state index in [1.807, 2.05) is 92.7 Å². The van der Waals surface area contributed by atoms with Gasteiger partial charge in [-0.25, -0.2) is 29.0 Å². The van der Waals surface area contributed by atoms with Gasteiger partial charge in [-0.05, 0) is 55.3 Å². The molecule has 55 heavy (non-hydrogen) atoms. The van der Waals surface area contributed by atoms with Crippen LogP contribution in [0.4, 0.5) is 27.9 Å². The van der Waals surface area contributed by atoms with E-state index < -0.39 is 11.9 Å². The molecule has 0 saturated heterocycles. The Hall–Kier alpha value is -7.09. The molecule has 0 unspecified atom stereocenters. The maximum absolute atomic E-state index is 13.4. The molecule has 0 bridgehead atoms. The highest BCUT2D eigenvalue weighted by molar-refractivity contribution is 6.07. The fourth-order valence-corrected chi connectivity index (χ4v) is 5.20. The first-order valence-electron chi connectivity index (χ1n) is 17.4. The fourth-order valence-electron chi connectivity index (χ4n) is 5.20. The van der Waals surface area contributed by atoms with Crippen LogP contribution in [0.2, 0.25) is 0 Å². The maximum atomic E-state index is 13.4. The van der Waals surface area contributed by atoms with Crippen LogP contribution in [0.1, 0.15) is 50.2 Å². The van der Waals surface area contributed by atoms with Crippen LogP contribution < -0.4 is 20.7 Å². The summed E-state index contributed by atoms with van der Waals surface area (Å²) in [4.78, 5) is 45.7. The van der Waals surface area contributed by atoms with Crippen molar-refractivity contribution in [3.8, 4) is 11.4 Å². The van der Waals surface area contributed by atoms with Crippen LogP contribution in [0.25, 0.3) is 16.5 Å². The molecular formula is C41H42N8O6. The summed E-state index contributed by atoms with van der Waals surface area (Å²) in [5, 5.41) is 31.5. The van der Waals surface area contributed by atoms with Gasteiger partial charge >= 0.3 is 18.0 Å². The quantitative estimate of drug-likeness (QED) is 0.0806. The number of ether oxygens (including phenoxy) is 1. The van der Waals surface area contributed by atoms with E-state index in [4.69, 9.17) is 20.0 Å². The monoisotopic (exact) mass is 742 g/mol. The highest BCUT2D eigenvalue weighted by atomic mass is 16.5. The number of rotatable bonds is 11. The number of pyridine rings is 1. The zero-order valence-electron chi connectivity index (χ0n) is 31.1. The SMILES string of the molecule is CCc1cncc(Nc2cc(COc3ccc(NC(=O)Nc4cc(C(C)(C)C)nn4-c4ccc(C)cc4)c4ccccc34)ccn2)n1.O=C(O)/C=C\C(=O)O. The molecule has 0 radical (unpaired) electrons. The molecule has 0 fully saturated rings. The van der Waals surface area contributed by atoms with Crippen LogP contribution >= 0.6 is 0 Å². The van der Waals surface area contributed by atoms with E-state index in [2.05, 4.69) is 51.7 Å². The number of hydrogen-bond donors (Lipinski definition) is 5. The number of aryl methyl sites for hydroxylation is 2. The number of nitrogens with one attached hydrogen (secondary N) is 3. The Morgan fingerprint density at radius 2 is 1.56 bits per heavy atom. The van der Waals surface area contributed by atoms with Gasteiger partial charge in [0.1, 0.15) is 29.8 Å². The number of carboxylic acid groups (broad SMARTS) is 2. The Kier molecular flexibility index (Phi) is 12.5. The predicted octanol–water partition coefficient (Wildman–Crippen LogP) is 8.06. The van der Waals surface area contributed by atoms with E-state index in [1.165, 1.54) is 0 Å². The predicted molar refractivity (Wildman–Crippen MR) is 211 cm³/mol. The van der Waals surface area contributed by atoms with Crippen LogP contribution in [0, 0.1) is 6.92 Å². The van der Waals surface area contributed by atoms with Crippen molar-refractivity contribution in [2.24, 2.45) is 0 Å². The molecule has 0 saturated carbocycles. The summed E-state index contributed by atoms with van der Waals surface area (Å²) in [6, 6.07) is 25.0. The van der Waals surface area contributed by atoms with Crippen LogP contribution in [-0.4, -0.2) is 52.9 Å². The largest absolute Gasteiger partial charge is 0.488 e. The number of amides is 2. The van der Waals surface area contributed by atoms with Gasteiger partial charge in [0.15, 0.2) is 0 Å². The summed E-state index contributed by atoms with van der Waals surface area (Å²) < 4.78 is 8.06. The highest BCUT2D eigenvalue weighted by Crippen LogP contribution is 2.33. The molecule has 14 heteroatoms. The van der Waals surface area contributed by atoms with Gasteiger partial charge in [-0.3, -0.25) is 10.3 Å². The van der Waals surface area contributed by atoms with Gasteiger partial charge in [-0.2, -0.15) is 5.10 Å². The molecule has 3 aromatic carbocycles. The van der Waals surface area contributed by atoms with Gasteiger partial charge in [0.25, 0.3) is 0 Å². The van der Waals surface area contributed by atoms with Crippen molar-refractivity contribution in [1.29, 1.82) is 0 Å². The first-order valence-corrected chi connectivity index (χ1v) is 17.4. The molecule has 0 atom stereocenters. The number of aliphatic carboxylic acids is 2. The van der Waals surface area contributed by atoms with Gasteiger partial charge in [-0.1, -0.05) is 69.7 Å². The number of carbonyl (C=O) groups excluding carboxylic acids is 1. The molecule has 282 valence electrons.